The quantitative estimate of drug-likeness (QED) is 0.757. The van der Waals surface area contributed by atoms with Gasteiger partial charge in [0.2, 0.25) is 0 Å². The van der Waals surface area contributed by atoms with Crippen molar-refractivity contribution in [1.82, 2.24) is 5.32 Å². The standard InChI is InChI=1S/C12H15NO3/c1-4-5-8-10(16-3)7-6-9(11(8)14)12(15)13-2/h4,6-7,14H,1,5H2,2-3H3,(H,13,15). The Hall–Kier alpha value is -1.97. The summed E-state index contributed by atoms with van der Waals surface area (Å²) in [5, 5.41) is 12.4. The summed E-state index contributed by atoms with van der Waals surface area (Å²) in [5.41, 5.74) is 0.804. The van der Waals surface area contributed by atoms with Crippen molar-refractivity contribution < 1.29 is 14.6 Å². The van der Waals surface area contributed by atoms with Gasteiger partial charge in [0.25, 0.3) is 5.91 Å². The van der Waals surface area contributed by atoms with Gasteiger partial charge in [-0.25, -0.2) is 0 Å². The molecule has 0 aliphatic carbocycles. The van der Waals surface area contributed by atoms with Gasteiger partial charge in [0.1, 0.15) is 11.5 Å². The van der Waals surface area contributed by atoms with Crippen LogP contribution >= 0.6 is 0 Å². The van der Waals surface area contributed by atoms with Crippen LogP contribution in [0.1, 0.15) is 15.9 Å². The van der Waals surface area contributed by atoms with Crippen molar-refractivity contribution in [3.8, 4) is 11.5 Å². The molecular formula is C12H15NO3. The molecule has 0 saturated heterocycles. The van der Waals surface area contributed by atoms with Crippen LogP contribution in [0.4, 0.5) is 0 Å². The number of aromatic hydroxyl groups is 1. The maximum absolute atomic E-state index is 11.5. The Morgan fingerprint density at radius 1 is 1.62 bits per heavy atom. The number of nitrogens with one attached hydrogen (secondary N) is 1. The zero-order chi connectivity index (χ0) is 12.1. The Labute approximate surface area is 94.6 Å². The fourth-order valence-corrected chi connectivity index (χ4v) is 1.47. The molecule has 1 aromatic rings. The van der Waals surface area contributed by atoms with E-state index in [9.17, 15) is 9.90 Å². The Bertz CT molecular complexity index is 413. The minimum absolute atomic E-state index is 0.0569. The highest BCUT2D eigenvalue weighted by molar-refractivity contribution is 5.97. The molecule has 0 aromatic heterocycles. The number of hydrogen-bond donors (Lipinski definition) is 2. The first kappa shape index (κ1) is 12.1. The van der Waals surface area contributed by atoms with E-state index in [0.717, 1.165) is 0 Å². The Kier molecular flexibility index (Phi) is 3.94. The van der Waals surface area contributed by atoms with Crippen molar-refractivity contribution in [2.75, 3.05) is 14.2 Å². The molecule has 1 rings (SSSR count). The lowest BCUT2D eigenvalue weighted by Crippen LogP contribution is -2.18. The van der Waals surface area contributed by atoms with Gasteiger partial charge in [-0.15, -0.1) is 6.58 Å². The van der Waals surface area contributed by atoms with Gasteiger partial charge < -0.3 is 15.2 Å². The molecule has 16 heavy (non-hydrogen) atoms. The Morgan fingerprint density at radius 2 is 2.31 bits per heavy atom. The predicted octanol–water partition coefficient (Wildman–Crippen LogP) is 1.49. The van der Waals surface area contributed by atoms with Crippen LogP contribution in [0, 0.1) is 0 Å². The smallest absolute Gasteiger partial charge is 0.254 e. The van der Waals surface area contributed by atoms with E-state index >= 15 is 0 Å². The molecule has 0 aliphatic heterocycles. The number of rotatable bonds is 4. The van der Waals surface area contributed by atoms with Gasteiger partial charge in [-0.2, -0.15) is 0 Å². The summed E-state index contributed by atoms with van der Waals surface area (Å²) in [5.74, 6) is 0.161. The van der Waals surface area contributed by atoms with Crippen molar-refractivity contribution in [3.63, 3.8) is 0 Å². The lowest BCUT2D eigenvalue weighted by Gasteiger charge is -2.11. The van der Waals surface area contributed by atoms with Crippen LogP contribution in [0.25, 0.3) is 0 Å². The topological polar surface area (TPSA) is 58.6 Å². The Morgan fingerprint density at radius 3 is 2.81 bits per heavy atom. The summed E-state index contributed by atoms with van der Waals surface area (Å²) in [4.78, 5) is 11.5. The van der Waals surface area contributed by atoms with Gasteiger partial charge in [-0.1, -0.05) is 6.08 Å². The average Bonchev–Trinajstić information content (AvgIpc) is 2.31. The summed E-state index contributed by atoms with van der Waals surface area (Å²) in [7, 11) is 3.03. The fraction of sp³-hybridized carbons (Fsp3) is 0.250. The van der Waals surface area contributed by atoms with E-state index in [1.165, 1.54) is 20.2 Å². The van der Waals surface area contributed by atoms with E-state index in [-0.39, 0.29) is 17.2 Å². The third-order valence-corrected chi connectivity index (χ3v) is 2.28. The van der Waals surface area contributed by atoms with Gasteiger partial charge >= 0.3 is 0 Å². The first-order chi connectivity index (χ1) is 7.65. The lowest BCUT2D eigenvalue weighted by atomic mass is 10.0. The molecule has 86 valence electrons. The molecule has 0 spiro atoms. The summed E-state index contributed by atoms with van der Waals surface area (Å²) >= 11 is 0. The molecule has 0 fully saturated rings. The van der Waals surface area contributed by atoms with Crippen LogP contribution < -0.4 is 10.1 Å². The fourth-order valence-electron chi connectivity index (χ4n) is 1.47. The van der Waals surface area contributed by atoms with Gasteiger partial charge in [0.05, 0.1) is 12.7 Å². The maximum atomic E-state index is 11.5. The summed E-state index contributed by atoms with van der Waals surface area (Å²) < 4.78 is 5.11. The van der Waals surface area contributed by atoms with Crippen LogP contribution in [-0.2, 0) is 6.42 Å². The molecule has 0 saturated carbocycles. The number of carbonyl (C=O) groups excluding carboxylic acids is 1. The SMILES string of the molecule is C=CCc1c(OC)ccc(C(=O)NC)c1O. The number of allylic oxidation sites excluding steroid dienone is 1. The van der Waals surface area contributed by atoms with E-state index in [2.05, 4.69) is 11.9 Å². The monoisotopic (exact) mass is 221 g/mol. The van der Waals surface area contributed by atoms with Crippen molar-refractivity contribution >= 4 is 5.91 Å². The van der Waals surface area contributed by atoms with E-state index in [0.29, 0.717) is 17.7 Å². The average molecular weight is 221 g/mol. The number of hydrogen-bond acceptors (Lipinski definition) is 3. The van der Waals surface area contributed by atoms with Crippen LogP contribution in [0.3, 0.4) is 0 Å². The normalized spacial score (nSPS) is 9.62. The molecule has 0 radical (unpaired) electrons. The predicted molar refractivity (Wildman–Crippen MR) is 62.0 cm³/mol. The van der Waals surface area contributed by atoms with E-state index in [1.807, 2.05) is 0 Å². The van der Waals surface area contributed by atoms with Crippen LogP contribution in [0.5, 0.6) is 11.5 Å². The largest absolute Gasteiger partial charge is 0.507 e. The molecule has 4 nitrogen and oxygen atoms in total. The number of amides is 1. The third-order valence-electron chi connectivity index (χ3n) is 2.28. The summed E-state index contributed by atoms with van der Waals surface area (Å²) in [6, 6.07) is 3.18. The number of methoxy groups -OCH3 is 1. The minimum Gasteiger partial charge on any atom is -0.507 e. The second kappa shape index (κ2) is 5.21. The molecule has 0 atom stereocenters. The van der Waals surface area contributed by atoms with Crippen molar-refractivity contribution in [3.05, 3.63) is 35.9 Å². The highest BCUT2D eigenvalue weighted by Gasteiger charge is 2.16. The lowest BCUT2D eigenvalue weighted by molar-refractivity contribution is 0.0960. The third kappa shape index (κ3) is 2.16. The zero-order valence-corrected chi connectivity index (χ0v) is 9.41. The van der Waals surface area contributed by atoms with Gasteiger partial charge in [0.15, 0.2) is 0 Å². The molecular weight excluding hydrogens is 206 g/mol. The Balaban J connectivity index is 3.30. The van der Waals surface area contributed by atoms with Gasteiger partial charge in [0, 0.05) is 12.6 Å². The molecule has 0 unspecified atom stereocenters. The second-order valence-electron chi connectivity index (χ2n) is 3.21. The van der Waals surface area contributed by atoms with Crippen molar-refractivity contribution in [1.29, 1.82) is 0 Å². The number of carbonyl (C=O) groups is 1. The molecule has 1 amide bonds. The first-order valence-corrected chi connectivity index (χ1v) is 4.87. The maximum Gasteiger partial charge on any atom is 0.254 e. The number of phenolic OH excluding ortho intramolecular Hbond substituents is 1. The van der Waals surface area contributed by atoms with Crippen molar-refractivity contribution in [2.45, 2.75) is 6.42 Å². The molecule has 1 aromatic carbocycles. The van der Waals surface area contributed by atoms with Gasteiger partial charge in [-0.3, -0.25) is 4.79 Å². The second-order valence-corrected chi connectivity index (χ2v) is 3.21. The van der Waals surface area contributed by atoms with E-state index < -0.39 is 0 Å². The van der Waals surface area contributed by atoms with E-state index in [4.69, 9.17) is 4.74 Å². The molecule has 4 heteroatoms. The number of benzene rings is 1. The van der Waals surface area contributed by atoms with E-state index in [1.54, 1.807) is 12.1 Å². The van der Waals surface area contributed by atoms with Gasteiger partial charge in [-0.05, 0) is 18.6 Å². The molecule has 0 bridgehead atoms. The number of phenols is 1. The van der Waals surface area contributed by atoms with Crippen LogP contribution in [0.2, 0.25) is 0 Å². The van der Waals surface area contributed by atoms with Crippen LogP contribution in [-0.4, -0.2) is 25.2 Å². The van der Waals surface area contributed by atoms with Crippen LogP contribution in [0.15, 0.2) is 24.8 Å². The minimum atomic E-state index is -0.328. The molecule has 0 aliphatic rings. The number of ether oxygens (including phenoxy) is 1. The zero-order valence-electron chi connectivity index (χ0n) is 9.41. The highest BCUT2D eigenvalue weighted by Crippen LogP contribution is 2.31. The summed E-state index contributed by atoms with van der Waals surface area (Å²) in [6.45, 7) is 3.60. The van der Waals surface area contributed by atoms with Crippen molar-refractivity contribution in [2.24, 2.45) is 0 Å². The molecule has 2 N–H and O–H groups in total. The molecule has 0 heterocycles. The first-order valence-electron chi connectivity index (χ1n) is 4.87. The highest BCUT2D eigenvalue weighted by atomic mass is 16.5. The summed E-state index contributed by atoms with van der Waals surface area (Å²) in [6.07, 6.45) is 2.09.